The number of piperidine rings is 1. The van der Waals surface area contributed by atoms with Crippen LogP contribution in [0.2, 0.25) is 0 Å². The molecule has 2 unspecified atom stereocenters. The molecule has 0 saturated carbocycles. The molecule has 2 aliphatic rings. The summed E-state index contributed by atoms with van der Waals surface area (Å²) in [5, 5.41) is 18.3. The molecule has 5 rings (SSSR count). The van der Waals surface area contributed by atoms with Crippen molar-refractivity contribution < 1.29 is 42.1 Å². The van der Waals surface area contributed by atoms with Crippen LogP contribution in [0.25, 0.3) is 0 Å². The van der Waals surface area contributed by atoms with Gasteiger partial charge in [-0.1, -0.05) is 23.8 Å². The monoisotopic (exact) mass is 664 g/mol. The van der Waals surface area contributed by atoms with Crippen LogP contribution >= 0.6 is 0 Å². The number of carbonyl (C=O) groups excluding carboxylic acids is 2. The number of nitrogens with zero attached hydrogens (tertiary/aromatic N) is 3. The number of amides is 2. The van der Waals surface area contributed by atoms with E-state index in [1.807, 2.05) is 19.1 Å². The zero-order valence-corrected chi connectivity index (χ0v) is 27.1. The van der Waals surface area contributed by atoms with E-state index in [9.17, 15) is 22.4 Å². The van der Waals surface area contributed by atoms with Crippen molar-refractivity contribution in [1.82, 2.24) is 15.2 Å². The van der Waals surface area contributed by atoms with Gasteiger partial charge in [-0.05, 0) is 64.0 Å². The molecule has 0 radical (unpaired) electrons. The quantitative estimate of drug-likeness (QED) is 0.245. The van der Waals surface area contributed by atoms with Gasteiger partial charge in [-0.3, -0.25) is 14.5 Å². The number of aliphatic hydroxyl groups excluding tert-OH is 2. The minimum atomic E-state index is -1.25. The number of hydrogen-bond donors (Lipinski definition) is 3. The zero-order chi connectivity index (χ0) is 34.9. The highest BCUT2D eigenvalue weighted by Gasteiger charge is 2.42. The molecule has 2 saturated heterocycles. The molecule has 3 N–H and O–H groups in total. The largest absolute Gasteiger partial charge is 0.497 e. The lowest BCUT2D eigenvalue weighted by Crippen LogP contribution is -2.36. The van der Waals surface area contributed by atoms with Crippen molar-refractivity contribution in [2.24, 2.45) is 0 Å². The van der Waals surface area contributed by atoms with Crippen molar-refractivity contribution in [1.29, 1.82) is 0 Å². The molecule has 1 aromatic heterocycles. The maximum absolute atomic E-state index is 14.7. The number of ether oxygens (including phenoxy) is 1. The van der Waals surface area contributed by atoms with E-state index in [4.69, 9.17) is 24.7 Å². The molecule has 47 heavy (non-hydrogen) atoms. The summed E-state index contributed by atoms with van der Waals surface area (Å²) >= 11 is 0. The number of anilines is 1. The Morgan fingerprint density at radius 3 is 2.11 bits per heavy atom. The average molecular weight is 665 g/mol. The van der Waals surface area contributed by atoms with E-state index >= 15 is 0 Å². The average Bonchev–Trinajstić information content (AvgIpc) is 3.36. The lowest BCUT2D eigenvalue weighted by Gasteiger charge is -2.31. The van der Waals surface area contributed by atoms with Crippen molar-refractivity contribution in [3.05, 3.63) is 88.9 Å². The number of carbonyl (C=O) groups is 2. The minimum Gasteiger partial charge on any atom is -0.497 e. The molecule has 2 amide bonds. The summed E-state index contributed by atoms with van der Waals surface area (Å²) in [5.41, 5.74) is 1.93. The SMILES string of the molecule is CNC=O.COc1cc(F)c(C2CC(=O)N(c3cccc(C4CCN(CCO)CC4)n3)C2C)c(F)c1.Cc1ccc(F)cc1.OCF. The van der Waals surface area contributed by atoms with E-state index in [1.54, 1.807) is 37.1 Å². The molecule has 3 heterocycles. The van der Waals surface area contributed by atoms with Crippen molar-refractivity contribution in [3.8, 4) is 5.75 Å². The predicted molar refractivity (Wildman–Crippen MR) is 171 cm³/mol. The summed E-state index contributed by atoms with van der Waals surface area (Å²) in [6.45, 7) is 5.12. The van der Waals surface area contributed by atoms with E-state index in [-0.39, 0.29) is 42.0 Å². The van der Waals surface area contributed by atoms with Crippen LogP contribution in [0.3, 0.4) is 0 Å². The summed E-state index contributed by atoms with van der Waals surface area (Å²) < 4.78 is 56.3. The number of methoxy groups -OCH3 is 1. The fraction of sp³-hybridized carbons (Fsp3) is 0.441. The van der Waals surface area contributed by atoms with Crippen molar-refractivity contribution >= 4 is 18.1 Å². The summed E-state index contributed by atoms with van der Waals surface area (Å²) in [6.07, 6.45) is 2.52. The Kier molecular flexibility index (Phi) is 16.8. The Balaban J connectivity index is 0.000000425. The highest BCUT2D eigenvalue weighted by molar-refractivity contribution is 5.96. The second-order valence-corrected chi connectivity index (χ2v) is 10.9. The standard InChI is InChI=1S/C24H29F2N3O3.C7H7F.C2H5NO.CH3FO/c1-15-18(24-19(25)12-17(32-2)13-20(24)26)14-23(31)29(15)22-5-3-4-21(27-22)16-6-8-28(9-7-16)10-11-30;1-6-2-4-7(8)5-3-6;1-3-2-4;2-1-3/h3-5,12-13,15-16,18,30H,6-11,14H2,1-2H3;2-5H,1H3;2H,1H3,(H,3,4);3H,1H2. The molecular formula is C34H44F4N4O5. The Bertz CT molecular complexity index is 1350. The molecule has 2 aliphatic heterocycles. The topological polar surface area (TPSA) is 115 Å². The van der Waals surface area contributed by atoms with Gasteiger partial charge < -0.3 is 25.2 Å². The van der Waals surface area contributed by atoms with Crippen LogP contribution < -0.4 is 15.0 Å². The van der Waals surface area contributed by atoms with Gasteiger partial charge in [0.05, 0.1) is 13.7 Å². The summed E-state index contributed by atoms with van der Waals surface area (Å²) in [5.74, 6) is -1.47. The van der Waals surface area contributed by atoms with Gasteiger partial charge in [0.25, 0.3) is 0 Å². The lowest BCUT2D eigenvalue weighted by molar-refractivity contribution is -0.117. The van der Waals surface area contributed by atoms with Gasteiger partial charge in [0.15, 0.2) is 6.86 Å². The number of β-amino-alcohol motifs (C(OH)–C–C–N with tert-alkyl or cyclic N) is 1. The van der Waals surface area contributed by atoms with Crippen molar-refractivity contribution in [2.45, 2.75) is 51.0 Å². The van der Waals surface area contributed by atoms with E-state index < -0.39 is 30.5 Å². The number of aromatic nitrogens is 1. The maximum atomic E-state index is 14.7. The van der Waals surface area contributed by atoms with Crippen LogP contribution in [0.1, 0.15) is 54.8 Å². The third kappa shape index (κ3) is 11.6. The summed E-state index contributed by atoms with van der Waals surface area (Å²) in [6, 6.07) is 13.9. The fourth-order valence-electron chi connectivity index (χ4n) is 5.50. The van der Waals surface area contributed by atoms with Gasteiger partial charge in [0, 0.05) is 61.3 Å². The van der Waals surface area contributed by atoms with Crippen LogP contribution in [0.5, 0.6) is 5.75 Å². The molecule has 2 fully saturated rings. The first-order chi connectivity index (χ1) is 22.5. The Morgan fingerprint density at radius 2 is 1.62 bits per heavy atom. The van der Waals surface area contributed by atoms with E-state index in [0.717, 1.165) is 49.3 Å². The molecular weight excluding hydrogens is 620 g/mol. The van der Waals surface area contributed by atoms with E-state index in [1.165, 1.54) is 19.2 Å². The number of halogens is 4. The summed E-state index contributed by atoms with van der Waals surface area (Å²) in [7, 11) is 2.92. The van der Waals surface area contributed by atoms with E-state index in [2.05, 4.69) is 10.2 Å². The number of pyridine rings is 1. The minimum absolute atomic E-state index is 0.0206. The van der Waals surface area contributed by atoms with Crippen molar-refractivity contribution in [2.75, 3.05) is 52.2 Å². The molecule has 258 valence electrons. The lowest BCUT2D eigenvalue weighted by atomic mass is 9.91. The molecule has 0 spiro atoms. The second kappa shape index (κ2) is 20.2. The van der Waals surface area contributed by atoms with Gasteiger partial charge in [-0.15, -0.1) is 0 Å². The maximum Gasteiger partial charge on any atom is 0.229 e. The van der Waals surface area contributed by atoms with Gasteiger partial charge in [0.2, 0.25) is 12.3 Å². The normalized spacial score (nSPS) is 17.7. The van der Waals surface area contributed by atoms with Crippen molar-refractivity contribution in [3.63, 3.8) is 0 Å². The number of alkyl halides is 1. The first kappa shape index (κ1) is 39.1. The number of nitrogens with one attached hydrogen (secondary N) is 1. The third-order valence-corrected chi connectivity index (χ3v) is 7.87. The Labute approximate surface area is 273 Å². The molecule has 13 heteroatoms. The molecule has 9 nitrogen and oxygen atoms in total. The number of likely N-dealkylation sites (tertiary alicyclic amines) is 1. The van der Waals surface area contributed by atoms with Crippen LogP contribution in [0.15, 0.2) is 54.6 Å². The molecule has 2 aromatic carbocycles. The smallest absolute Gasteiger partial charge is 0.229 e. The van der Waals surface area contributed by atoms with Crippen LogP contribution in [0.4, 0.5) is 23.4 Å². The Hall–Kier alpha value is -4.07. The Morgan fingerprint density at radius 1 is 1.04 bits per heavy atom. The fourth-order valence-corrected chi connectivity index (χ4v) is 5.50. The number of aryl methyl sites for hydroxylation is 1. The highest BCUT2D eigenvalue weighted by Crippen LogP contribution is 2.40. The molecule has 3 aromatic rings. The number of aliphatic hydroxyl groups is 2. The first-order valence-corrected chi connectivity index (χ1v) is 15.2. The zero-order valence-electron chi connectivity index (χ0n) is 27.1. The van der Waals surface area contributed by atoms with Crippen LogP contribution in [0, 0.1) is 24.4 Å². The van der Waals surface area contributed by atoms with Gasteiger partial charge in [0.1, 0.15) is 29.0 Å². The first-order valence-electron chi connectivity index (χ1n) is 15.2. The van der Waals surface area contributed by atoms with Crippen LogP contribution in [-0.4, -0.2) is 85.7 Å². The van der Waals surface area contributed by atoms with Crippen LogP contribution in [-0.2, 0) is 9.59 Å². The van der Waals surface area contributed by atoms with Gasteiger partial charge in [-0.25, -0.2) is 22.5 Å². The predicted octanol–water partition coefficient (Wildman–Crippen LogP) is 4.85. The molecule has 2 atom stereocenters. The highest BCUT2D eigenvalue weighted by atomic mass is 19.1. The third-order valence-electron chi connectivity index (χ3n) is 7.87. The second-order valence-electron chi connectivity index (χ2n) is 10.9. The van der Waals surface area contributed by atoms with Gasteiger partial charge in [-0.2, -0.15) is 0 Å². The number of hydrogen-bond acceptors (Lipinski definition) is 7. The van der Waals surface area contributed by atoms with E-state index in [0.29, 0.717) is 18.8 Å². The molecule has 0 bridgehead atoms. The number of rotatable bonds is 7. The summed E-state index contributed by atoms with van der Waals surface area (Å²) in [4.78, 5) is 30.5. The number of benzene rings is 2. The molecule has 0 aliphatic carbocycles. The van der Waals surface area contributed by atoms with Gasteiger partial charge >= 0.3 is 0 Å².